The molecule has 21 heavy (non-hydrogen) atoms. The van der Waals surface area contributed by atoms with Crippen molar-refractivity contribution in [3.8, 4) is 0 Å². The van der Waals surface area contributed by atoms with Crippen LogP contribution in [-0.4, -0.2) is 41.0 Å². The molecule has 1 fully saturated rings. The quantitative estimate of drug-likeness (QED) is 0.780. The number of amides is 2. The maximum absolute atomic E-state index is 12.6. The van der Waals surface area contributed by atoms with Crippen molar-refractivity contribution in [1.29, 1.82) is 0 Å². The molecule has 116 valence electrons. The van der Waals surface area contributed by atoms with Crippen LogP contribution in [0.15, 0.2) is 23.1 Å². The van der Waals surface area contributed by atoms with E-state index in [0.717, 1.165) is 12.8 Å². The van der Waals surface area contributed by atoms with Gasteiger partial charge in [-0.15, -0.1) is 0 Å². The summed E-state index contributed by atoms with van der Waals surface area (Å²) in [7, 11) is 0. The molecular formula is C13H15ClF2N2O2S. The fourth-order valence-corrected chi connectivity index (χ4v) is 2.86. The molecule has 0 bridgehead atoms. The van der Waals surface area contributed by atoms with Crippen LogP contribution in [0.25, 0.3) is 0 Å². The summed E-state index contributed by atoms with van der Waals surface area (Å²) in [6, 6.07) is 4.31. The van der Waals surface area contributed by atoms with Gasteiger partial charge < -0.3 is 15.3 Å². The van der Waals surface area contributed by atoms with Gasteiger partial charge in [-0.05, 0) is 25.0 Å². The standard InChI is InChI=1S/C13H15ClF2N2O2S/c14-9-2-1-3-10(11(9)21-12(15)16)17-13(20)18(6-7-19)8-4-5-8/h1-3,8,12,19H,4-7H2,(H,17,20). The van der Waals surface area contributed by atoms with Crippen molar-refractivity contribution >= 4 is 35.1 Å². The monoisotopic (exact) mass is 336 g/mol. The average Bonchev–Trinajstić information content (AvgIpc) is 3.24. The maximum Gasteiger partial charge on any atom is 0.322 e. The van der Waals surface area contributed by atoms with E-state index in [-0.39, 0.29) is 34.8 Å². The van der Waals surface area contributed by atoms with Gasteiger partial charge in [0, 0.05) is 12.6 Å². The lowest BCUT2D eigenvalue weighted by Gasteiger charge is -2.22. The Hall–Kier alpha value is -1.05. The molecule has 1 aliphatic carbocycles. The van der Waals surface area contributed by atoms with Crippen molar-refractivity contribution in [2.24, 2.45) is 0 Å². The highest BCUT2D eigenvalue weighted by atomic mass is 35.5. The van der Waals surface area contributed by atoms with Gasteiger partial charge in [-0.25, -0.2) is 4.79 Å². The summed E-state index contributed by atoms with van der Waals surface area (Å²) in [6.07, 6.45) is 1.78. The van der Waals surface area contributed by atoms with Crippen LogP contribution in [0.4, 0.5) is 19.3 Å². The smallest absolute Gasteiger partial charge is 0.322 e. The van der Waals surface area contributed by atoms with Gasteiger partial charge >= 0.3 is 6.03 Å². The Kier molecular flexibility index (Phi) is 5.66. The third-order valence-electron chi connectivity index (χ3n) is 3.00. The molecule has 0 aliphatic heterocycles. The van der Waals surface area contributed by atoms with Crippen molar-refractivity contribution in [3.63, 3.8) is 0 Å². The molecule has 8 heteroatoms. The van der Waals surface area contributed by atoms with E-state index in [1.165, 1.54) is 17.0 Å². The molecule has 0 aromatic heterocycles. The highest BCUT2D eigenvalue weighted by molar-refractivity contribution is 7.99. The molecule has 0 spiro atoms. The SMILES string of the molecule is O=C(Nc1cccc(Cl)c1SC(F)F)N(CCO)C1CC1. The minimum atomic E-state index is -2.63. The number of thioether (sulfide) groups is 1. The van der Waals surface area contributed by atoms with Crippen molar-refractivity contribution < 1.29 is 18.7 Å². The number of aliphatic hydroxyl groups is 1. The van der Waals surface area contributed by atoms with Crippen LogP contribution in [-0.2, 0) is 0 Å². The minimum absolute atomic E-state index is 0.113. The largest absolute Gasteiger partial charge is 0.395 e. The highest BCUT2D eigenvalue weighted by Crippen LogP contribution is 2.38. The lowest BCUT2D eigenvalue weighted by atomic mass is 10.3. The molecule has 2 amide bonds. The molecule has 4 nitrogen and oxygen atoms in total. The van der Waals surface area contributed by atoms with Gasteiger partial charge in [-0.2, -0.15) is 8.78 Å². The Bertz CT molecular complexity index is 515. The Morgan fingerprint density at radius 3 is 2.81 bits per heavy atom. The number of alkyl halides is 2. The number of rotatable bonds is 6. The van der Waals surface area contributed by atoms with Gasteiger partial charge in [0.1, 0.15) is 0 Å². The summed E-state index contributed by atoms with van der Waals surface area (Å²) in [6.45, 7) is 0.0759. The number of nitrogens with one attached hydrogen (secondary N) is 1. The number of carbonyl (C=O) groups is 1. The average molecular weight is 337 g/mol. The van der Waals surface area contributed by atoms with Crippen molar-refractivity contribution in [3.05, 3.63) is 23.2 Å². The minimum Gasteiger partial charge on any atom is -0.395 e. The van der Waals surface area contributed by atoms with Gasteiger partial charge in [-0.1, -0.05) is 29.4 Å². The molecular weight excluding hydrogens is 322 g/mol. The first-order valence-corrected chi connectivity index (χ1v) is 7.70. The number of aliphatic hydroxyl groups excluding tert-OH is 1. The summed E-state index contributed by atoms with van der Waals surface area (Å²) in [5.74, 6) is -2.63. The second-order valence-electron chi connectivity index (χ2n) is 4.57. The van der Waals surface area contributed by atoms with E-state index in [4.69, 9.17) is 16.7 Å². The van der Waals surface area contributed by atoms with Crippen LogP contribution in [0.1, 0.15) is 12.8 Å². The third-order valence-corrected chi connectivity index (χ3v) is 4.29. The van der Waals surface area contributed by atoms with E-state index in [2.05, 4.69) is 5.32 Å². The topological polar surface area (TPSA) is 52.6 Å². The lowest BCUT2D eigenvalue weighted by molar-refractivity contribution is 0.185. The molecule has 0 atom stereocenters. The maximum atomic E-state index is 12.6. The first-order valence-electron chi connectivity index (χ1n) is 6.44. The molecule has 1 aromatic carbocycles. The number of urea groups is 1. The van der Waals surface area contributed by atoms with E-state index in [1.54, 1.807) is 6.07 Å². The predicted molar refractivity (Wildman–Crippen MR) is 79.1 cm³/mol. The first kappa shape index (κ1) is 16.3. The summed E-state index contributed by atoms with van der Waals surface area (Å²) < 4.78 is 25.2. The number of hydrogen-bond acceptors (Lipinski definition) is 3. The van der Waals surface area contributed by atoms with E-state index in [9.17, 15) is 13.6 Å². The Labute approximate surface area is 130 Å². The number of halogens is 3. The number of carbonyl (C=O) groups excluding carboxylic acids is 1. The van der Waals surface area contributed by atoms with E-state index >= 15 is 0 Å². The van der Waals surface area contributed by atoms with Gasteiger partial charge in [0.25, 0.3) is 5.76 Å². The number of benzene rings is 1. The molecule has 1 saturated carbocycles. The zero-order valence-corrected chi connectivity index (χ0v) is 12.6. The molecule has 1 aliphatic rings. The summed E-state index contributed by atoms with van der Waals surface area (Å²) >= 11 is 6.21. The van der Waals surface area contributed by atoms with Crippen LogP contribution in [0.3, 0.4) is 0 Å². The molecule has 2 N–H and O–H groups in total. The van der Waals surface area contributed by atoms with E-state index in [0.29, 0.717) is 11.8 Å². The van der Waals surface area contributed by atoms with Crippen LogP contribution >= 0.6 is 23.4 Å². The molecule has 0 unspecified atom stereocenters. The number of nitrogens with zero attached hydrogens (tertiary/aromatic N) is 1. The van der Waals surface area contributed by atoms with E-state index < -0.39 is 11.8 Å². The fraction of sp³-hybridized carbons (Fsp3) is 0.462. The summed E-state index contributed by atoms with van der Waals surface area (Å²) in [4.78, 5) is 13.8. The van der Waals surface area contributed by atoms with Crippen molar-refractivity contribution in [2.45, 2.75) is 29.5 Å². The normalized spacial score (nSPS) is 14.3. The second-order valence-corrected chi connectivity index (χ2v) is 5.98. The van der Waals surface area contributed by atoms with Crippen LogP contribution < -0.4 is 5.32 Å². The zero-order chi connectivity index (χ0) is 15.4. The number of hydrogen-bond donors (Lipinski definition) is 2. The first-order chi connectivity index (χ1) is 10.0. The Morgan fingerprint density at radius 1 is 1.52 bits per heavy atom. The molecule has 2 rings (SSSR count). The third kappa shape index (κ3) is 4.46. The van der Waals surface area contributed by atoms with Gasteiger partial charge in [0.05, 0.1) is 22.2 Å². The van der Waals surface area contributed by atoms with Crippen LogP contribution in [0.5, 0.6) is 0 Å². The van der Waals surface area contributed by atoms with Crippen LogP contribution in [0.2, 0.25) is 5.02 Å². The molecule has 0 saturated heterocycles. The second kappa shape index (κ2) is 7.29. The predicted octanol–water partition coefficient (Wildman–Crippen LogP) is 3.64. The molecule has 1 aromatic rings. The van der Waals surface area contributed by atoms with Gasteiger partial charge in [0.15, 0.2) is 0 Å². The Balaban J connectivity index is 2.14. The molecule has 0 radical (unpaired) electrons. The van der Waals surface area contributed by atoms with E-state index in [1.807, 2.05) is 0 Å². The van der Waals surface area contributed by atoms with Gasteiger partial charge in [0.2, 0.25) is 0 Å². The van der Waals surface area contributed by atoms with Gasteiger partial charge in [-0.3, -0.25) is 0 Å². The van der Waals surface area contributed by atoms with Crippen molar-refractivity contribution in [2.75, 3.05) is 18.5 Å². The lowest BCUT2D eigenvalue weighted by Crippen LogP contribution is -2.38. The number of anilines is 1. The highest BCUT2D eigenvalue weighted by Gasteiger charge is 2.32. The summed E-state index contributed by atoms with van der Waals surface area (Å²) in [5, 5.41) is 11.8. The molecule has 0 heterocycles. The van der Waals surface area contributed by atoms with Crippen molar-refractivity contribution in [1.82, 2.24) is 4.90 Å². The zero-order valence-electron chi connectivity index (χ0n) is 11.1. The van der Waals surface area contributed by atoms with Crippen LogP contribution in [0, 0.1) is 0 Å². The Morgan fingerprint density at radius 2 is 2.24 bits per heavy atom. The summed E-state index contributed by atoms with van der Waals surface area (Å²) in [5.41, 5.74) is 0.251. The fourth-order valence-electron chi connectivity index (χ4n) is 1.95.